The Hall–Kier alpha value is -2.87. The molecule has 2 aromatic rings. The van der Waals surface area contributed by atoms with Gasteiger partial charge < -0.3 is 10.1 Å². The highest BCUT2D eigenvalue weighted by Gasteiger charge is 2.21. The molecule has 0 heterocycles. The van der Waals surface area contributed by atoms with Crippen molar-refractivity contribution in [3.8, 4) is 0 Å². The fraction of sp³-hybridized carbons (Fsp3) is 0.300. The maximum Gasteiger partial charge on any atom is 0.338 e. The van der Waals surface area contributed by atoms with Crippen LogP contribution in [0.2, 0.25) is 0 Å². The van der Waals surface area contributed by atoms with Gasteiger partial charge in [-0.05, 0) is 58.0 Å². The van der Waals surface area contributed by atoms with Gasteiger partial charge in [-0.2, -0.15) is 0 Å². The highest BCUT2D eigenvalue weighted by Crippen LogP contribution is 2.18. The lowest BCUT2D eigenvalue weighted by atomic mass is 10.2. The van der Waals surface area contributed by atoms with E-state index in [9.17, 15) is 18.0 Å². The number of amides is 1. The molecule has 0 saturated heterocycles. The van der Waals surface area contributed by atoms with Crippen molar-refractivity contribution in [3.63, 3.8) is 0 Å². The number of sulfonamides is 1. The topological polar surface area (TPSA) is 102 Å². The number of hydrogen-bond donors (Lipinski definition) is 2. The van der Waals surface area contributed by atoms with Gasteiger partial charge in [0.25, 0.3) is 15.9 Å². The van der Waals surface area contributed by atoms with Crippen molar-refractivity contribution in [2.24, 2.45) is 0 Å². The molecule has 8 heteroatoms. The highest BCUT2D eigenvalue weighted by atomic mass is 32.2. The molecule has 0 spiro atoms. The van der Waals surface area contributed by atoms with Crippen LogP contribution in [0.5, 0.6) is 0 Å². The second-order valence-corrected chi connectivity index (χ2v) is 8.39. The summed E-state index contributed by atoms with van der Waals surface area (Å²) < 4.78 is 32.8. The minimum atomic E-state index is -3.88. The van der Waals surface area contributed by atoms with E-state index in [0.29, 0.717) is 5.69 Å². The summed E-state index contributed by atoms with van der Waals surface area (Å²) >= 11 is 0. The third kappa shape index (κ3) is 5.82. The average Bonchev–Trinajstić information content (AvgIpc) is 2.63. The molecule has 1 amide bonds. The van der Waals surface area contributed by atoms with Gasteiger partial charge in [0.15, 0.2) is 6.10 Å². The number of anilines is 1. The molecule has 0 aromatic heterocycles. The molecule has 0 aliphatic heterocycles. The first-order chi connectivity index (χ1) is 13.1. The zero-order valence-corrected chi connectivity index (χ0v) is 17.0. The number of benzene rings is 2. The van der Waals surface area contributed by atoms with Gasteiger partial charge in [0, 0.05) is 11.7 Å². The van der Waals surface area contributed by atoms with Gasteiger partial charge in [-0.3, -0.25) is 9.52 Å². The predicted octanol–water partition coefficient (Wildman–Crippen LogP) is 2.87. The number of hydrogen-bond acceptors (Lipinski definition) is 5. The van der Waals surface area contributed by atoms with E-state index in [1.807, 2.05) is 6.92 Å². The first kappa shape index (κ1) is 21.4. The second-order valence-electron chi connectivity index (χ2n) is 6.71. The van der Waals surface area contributed by atoms with Crippen molar-refractivity contribution >= 4 is 27.6 Å². The minimum Gasteiger partial charge on any atom is -0.449 e. The summed E-state index contributed by atoms with van der Waals surface area (Å²) in [6, 6.07) is 12.3. The van der Waals surface area contributed by atoms with Crippen molar-refractivity contribution in [3.05, 3.63) is 59.7 Å². The lowest BCUT2D eigenvalue weighted by Gasteiger charge is -2.15. The summed E-state index contributed by atoms with van der Waals surface area (Å²) in [5, 5.41) is 2.64. The third-order valence-corrected chi connectivity index (χ3v) is 5.15. The van der Waals surface area contributed by atoms with Crippen LogP contribution in [0.1, 0.15) is 36.7 Å². The molecule has 28 heavy (non-hydrogen) atoms. The molecule has 0 aliphatic rings. The zero-order valence-electron chi connectivity index (χ0n) is 16.2. The van der Waals surface area contributed by atoms with Crippen molar-refractivity contribution < 1.29 is 22.7 Å². The van der Waals surface area contributed by atoms with Gasteiger partial charge in [-0.25, -0.2) is 13.2 Å². The normalized spacial score (nSPS) is 12.3. The van der Waals surface area contributed by atoms with E-state index in [0.717, 1.165) is 5.56 Å². The van der Waals surface area contributed by atoms with E-state index < -0.39 is 28.0 Å². The van der Waals surface area contributed by atoms with Gasteiger partial charge in [0.2, 0.25) is 0 Å². The van der Waals surface area contributed by atoms with Crippen LogP contribution in [0.25, 0.3) is 0 Å². The maximum absolute atomic E-state index is 12.6. The lowest BCUT2D eigenvalue weighted by Crippen LogP contribution is -2.39. The molecular formula is C20H24N2O5S. The Bertz CT molecular complexity index is 953. The Balaban J connectivity index is 2.15. The standard InChI is InChI=1S/C20H24N2O5S/c1-13(2)21-19(23)15(4)27-20(24)16-6-5-7-18(12-16)28(25,26)22-17-10-8-14(3)9-11-17/h5-13,15,22H,1-4H3,(H,21,23)/t15-/m0/s1. The van der Waals surface area contributed by atoms with E-state index in [1.54, 1.807) is 38.1 Å². The molecular weight excluding hydrogens is 380 g/mol. The fourth-order valence-corrected chi connectivity index (χ4v) is 3.41. The number of nitrogens with one attached hydrogen (secondary N) is 2. The Kier molecular flexibility index (Phi) is 6.80. The quantitative estimate of drug-likeness (QED) is 0.691. The zero-order chi connectivity index (χ0) is 20.9. The van der Waals surface area contributed by atoms with Crippen molar-refractivity contribution in [1.82, 2.24) is 5.32 Å². The van der Waals surface area contributed by atoms with Crippen LogP contribution in [0.15, 0.2) is 53.4 Å². The van der Waals surface area contributed by atoms with Crippen LogP contribution in [0.3, 0.4) is 0 Å². The van der Waals surface area contributed by atoms with Crippen molar-refractivity contribution in [1.29, 1.82) is 0 Å². The van der Waals surface area contributed by atoms with Gasteiger partial charge in [0.1, 0.15) is 0 Å². The van der Waals surface area contributed by atoms with Crippen LogP contribution in [-0.2, 0) is 19.6 Å². The first-order valence-corrected chi connectivity index (χ1v) is 10.3. The van der Waals surface area contributed by atoms with Crippen molar-refractivity contribution in [2.75, 3.05) is 4.72 Å². The van der Waals surface area contributed by atoms with E-state index >= 15 is 0 Å². The number of carbonyl (C=O) groups is 2. The summed E-state index contributed by atoms with van der Waals surface area (Å²) in [4.78, 5) is 24.1. The molecule has 0 radical (unpaired) electrons. The van der Waals surface area contributed by atoms with Gasteiger partial charge in [-0.1, -0.05) is 23.8 Å². The Morgan fingerprint density at radius 1 is 1.00 bits per heavy atom. The monoisotopic (exact) mass is 404 g/mol. The smallest absolute Gasteiger partial charge is 0.338 e. The molecule has 0 bridgehead atoms. The molecule has 0 aliphatic carbocycles. The lowest BCUT2D eigenvalue weighted by molar-refractivity contribution is -0.129. The van der Waals surface area contributed by atoms with Crippen LogP contribution >= 0.6 is 0 Å². The van der Waals surface area contributed by atoms with Gasteiger partial charge in [0.05, 0.1) is 10.5 Å². The van der Waals surface area contributed by atoms with E-state index in [1.165, 1.54) is 31.2 Å². The highest BCUT2D eigenvalue weighted by molar-refractivity contribution is 7.92. The Morgan fingerprint density at radius 2 is 1.64 bits per heavy atom. The predicted molar refractivity (Wildman–Crippen MR) is 107 cm³/mol. The number of esters is 1. The van der Waals surface area contributed by atoms with Crippen LogP contribution in [0, 0.1) is 6.92 Å². The van der Waals surface area contributed by atoms with Crippen LogP contribution < -0.4 is 10.0 Å². The molecule has 1 atom stereocenters. The largest absolute Gasteiger partial charge is 0.449 e. The molecule has 7 nitrogen and oxygen atoms in total. The molecule has 2 rings (SSSR count). The SMILES string of the molecule is Cc1ccc(NS(=O)(=O)c2cccc(C(=O)O[C@@H](C)C(=O)NC(C)C)c2)cc1. The number of aryl methyl sites for hydroxylation is 1. The molecule has 0 saturated carbocycles. The molecule has 150 valence electrons. The number of ether oxygens (including phenoxy) is 1. The van der Waals surface area contributed by atoms with E-state index in [-0.39, 0.29) is 16.5 Å². The fourth-order valence-electron chi connectivity index (χ4n) is 2.31. The summed E-state index contributed by atoms with van der Waals surface area (Å²) in [7, 11) is -3.88. The number of carbonyl (C=O) groups excluding carboxylic acids is 2. The molecule has 2 aromatic carbocycles. The third-order valence-electron chi connectivity index (χ3n) is 3.77. The van der Waals surface area contributed by atoms with Crippen molar-refractivity contribution in [2.45, 2.75) is 44.7 Å². The van der Waals surface area contributed by atoms with Crippen LogP contribution in [-0.4, -0.2) is 32.4 Å². The minimum absolute atomic E-state index is 0.0379. The Morgan fingerprint density at radius 3 is 2.25 bits per heavy atom. The average molecular weight is 404 g/mol. The van der Waals surface area contributed by atoms with Crippen LogP contribution in [0.4, 0.5) is 5.69 Å². The second kappa shape index (κ2) is 8.88. The maximum atomic E-state index is 12.6. The van der Waals surface area contributed by atoms with E-state index in [4.69, 9.17) is 4.74 Å². The summed E-state index contributed by atoms with van der Waals surface area (Å²) in [5.74, 6) is -1.20. The summed E-state index contributed by atoms with van der Waals surface area (Å²) in [6.07, 6.45) is -0.999. The molecule has 0 unspecified atom stereocenters. The molecule has 0 fully saturated rings. The van der Waals surface area contributed by atoms with E-state index in [2.05, 4.69) is 10.0 Å². The number of rotatable bonds is 7. The van der Waals surface area contributed by atoms with Gasteiger partial charge >= 0.3 is 5.97 Å². The molecule has 2 N–H and O–H groups in total. The van der Waals surface area contributed by atoms with Gasteiger partial charge in [-0.15, -0.1) is 0 Å². The first-order valence-electron chi connectivity index (χ1n) is 8.79. The summed E-state index contributed by atoms with van der Waals surface area (Å²) in [6.45, 7) is 6.94. The summed E-state index contributed by atoms with van der Waals surface area (Å²) in [5.41, 5.74) is 1.46. The Labute approximate surface area is 165 Å².